The van der Waals surface area contributed by atoms with E-state index >= 15 is 0 Å². The summed E-state index contributed by atoms with van der Waals surface area (Å²) in [5.74, 6) is 0. The standard InChI is InChI=1S/C10H12ClNO2S/c1-3-10(2)6-12(9(13)14-10)8-5-4-7(11)15-8/h4-5H,3,6H2,1-2H3. The Morgan fingerprint density at radius 1 is 1.67 bits per heavy atom. The second-order valence-electron chi connectivity index (χ2n) is 3.84. The van der Waals surface area contributed by atoms with Crippen molar-refractivity contribution in [3.05, 3.63) is 16.5 Å². The van der Waals surface area contributed by atoms with Crippen molar-refractivity contribution in [1.29, 1.82) is 0 Å². The predicted octanol–water partition coefficient (Wildman–Crippen LogP) is 3.53. The summed E-state index contributed by atoms with van der Waals surface area (Å²) in [6.07, 6.45) is 0.534. The molecule has 3 nitrogen and oxygen atoms in total. The highest BCUT2D eigenvalue weighted by molar-refractivity contribution is 7.20. The molecule has 1 aliphatic rings. The fourth-order valence-corrected chi connectivity index (χ4v) is 2.52. The first kappa shape index (κ1) is 10.8. The van der Waals surface area contributed by atoms with Gasteiger partial charge in [-0.15, -0.1) is 11.3 Å². The number of hydrogen-bond acceptors (Lipinski definition) is 3. The van der Waals surface area contributed by atoms with Gasteiger partial charge in [0, 0.05) is 0 Å². The molecular formula is C10H12ClNO2S. The summed E-state index contributed by atoms with van der Waals surface area (Å²) in [6, 6.07) is 3.63. The molecule has 0 bridgehead atoms. The van der Waals surface area contributed by atoms with Crippen LogP contribution in [-0.2, 0) is 4.74 Å². The van der Waals surface area contributed by atoms with Crippen LogP contribution in [0.25, 0.3) is 0 Å². The van der Waals surface area contributed by atoms with Crippen LogP contribution in [0.5, 0.6) is 0 Å². The normalized spacial score (nSPS) is 25.8. The highest BCUT2D eigenvalue weighted by Crippen LogP contribution is 2.35. The number of anilines is 1. The highest BCUT2D eigenvalue weighted by Gasteiger charge is 2.41. The molecule has 0 saturated carbocycles. The number of hydrogen-bond donors (Lipinski definition) is 0. The number of nitrogens with zero attached hydrogens (tertiary/aromatic N) is 1. The van der Waals surface area contributed by atoms with Gasteiger partial charge in [0.05, 0.1) is 10.9 Å². The van der Waals surface area contributed by atoms with E-state index in [2.05, 4.69) is 0 Å². The number of carbonyl (C=O) groups excluding carboxylic acids is 1. The van der Waals surface area contributed by atoms with Gasteiger partial charge in [-0.05, 0) is 25.5 Å². The van der Waals surface area contributed by atoms with Crippen LogP contribution in [0.1, 0.15) is 20.3 Å². The summed E-state index contributed by atoms with van der Waals surface area (Å²) < 4.78 is 6.01. The molecule has 1 unspecified atom stereocenters. The first-order chi connectivity index (χ1) is 7.04. The van der Waals surface area contributed by atoms with Crippen LogP contribution >= 0.6 is 22.9 Å². The van der Waals surface area contributed by atoms with Gasteiger partial charge in [0.1, 0.15) is 10.6 Å². The average molecular weight is 246 g/mol. The zero-order valence-electron chi connectivity index (χ0n) is 8.62. The SMILES string of the molecule is CCC1(C)CN(c2ccc(Cl)s2)C(=O)O1. The maximum atomic E-state index is 11.6. The second-order valence-corrected chi connectivity index (χ2v) is 5.53. The van der Waals surface area contributed by atoms with E-state index in [-0.39, 0.29) is 11.7 Å². The third-order valence-corrected chi connectivity index (χ3v) is 3.87. The van der Waals surface area contributed by atoms with Crippen molar-refractivity contribution in [1.82, 2.24) is 0 Å². The molecule has 0 aliphatic carbocycles. The van der Waals surface area contributed by atoms with E-state index in [0.29, 0.717) is 10.9 Å². The summed E-state index contributed by atoms with van der Waals surface area (Å²) in [4.78, 5) is 13.3. The Hall–Kier alpha value is -0.740. The number of amides is 1. The molecule has 15 heavy (non-hydrogen) atoms. The molecule has 0 N–H and O–H groups in total. The summed E-state index contributed by atoms with van der Waals surface area (Å²) in [5, 5.41) is 0.849. The molecule has 1 saturated heterocycles. The van der Waals surface area contributed by atoms with E-state index in [4.69, 9.17) is 16.3 Å². The number of carbonyl (C=O) groups is 1. The fourth-order valence-electron chi connectivity index (χ4n) is 1.50. The molecule has 0 spiro atoms. The topological polar surface area (TPSA) is 29.5 Å². The summed E-state index contributed by atoms with van der Waals surface area (Å²) in [7, 11) is 0. The number of rotatable bonds is 2. The molecule has 2 heterocycles. The van der Waals surface area contributed by atoms with Gasteiger partial charge in [-0.2, -0.15) is 0 Å². The number of cyclic esters (lactones) is 1. The van der Waals surface area contributed by atoms with E-state index in [1.54, 1.807) is 11.0 Å². The van der Waals surface area contributed by atoms with Gasteiger partial charge < -0.3 is 4.74 Å². The van der Waals surface area contributed by atoms with Crippen LogP contribution in [0.4, 0.5) is 9.80 Å². The Bertz CT molecular complexity index is 393. The van der Waals surface area contributed by atoms with Crippen molar-refractivity contribution in [2.24, 2.45) is 0 Å². The summed E-state index contributed by atoms with van der Waals surface area (Å²) >= 11 is 7.22. The zero-order valence-corrected chi connectivity index (χ0v) is 10.2. The maximum absolute atomic E-state index is 11.6. The molecule has 1 aromatic heterocycles. The molecular weight excluding hydrogens is 234 g/mol. The van der Waals surface area contributed by atoms with Crippen molar-refractivity contribution in [3.8, 4) is 0 Å². The van der Waals surface area contributed by atoms with Crippen molar-refractivity contribution in [2.45, 2.75) is 25.9 Å². The van der Waals surface area contributed by atoms with Crippen LogP contribution in [0.2, 0.25) is 4.34 Å². The lowest BCUT2D eigenvalue weighted by Gasteiger charge is -2.18. The minimum absolute atomic E-state index is 0.280. The first-order valence-corrected chi connectivity index (χ1v) is 5.99. The lowest BCUT2D eigenvalue weighted by Crippen LogP contribution is -2.30. The third kappa shape index (κ3) is 1.96. The molecule has 2 rings (SSSR count). The largest absolute Gasteiger partial charge is 0.441 e. The minimum atomic E-state index is -0.368. The van der Waals surface area contributed by atoms with Crippen LogP contribution in [0, 0.1) is 0 Å². The van der Waals surface area contributed by atoms with Crippen molar-refractivity contribution in [3.63, 3.8) is 0 Å². The lowest BCUT2D eigenvalue weighted by molar-refractivity contribution is 0.0692. The van der Waals surface area contributed by atoms with Gasteiger partial charge in [0.15, 0.2) is 0 Å². The van der Waals surface area contributed by atoms with Gasteiger partial charge >= 0.3 is 6.09 Å². The molecule has 82 valence electrons. The summed E-state index contributed by atoms with van der Waals surface area (Å²) in [6.45, 7) is 4.55. The summed E-state index contributed by atoms with van der Waals surface area (Å²) in [5.41, 5.74) is -0.368. The Balaban J connectivity index is 2.22. The number of halogens is 1. The average Bonchev–Trinajstić information content (AvgIpc) is 2.72. The fraction of sp³-hybridized carbons (Fsp3) is 0.500. The van der Waals surface area contributed by atoms with Crippen molar-refractivity contribution < 1.29 is 9.53 Å². The second kappa shape index (κ2) is 3.68. The van der Waals surface area contributed by atoms with Gasteiger partial charge in [-0.3, -0.25) is 4.90 Å². The number of thiophene rings is 1. The first-order valence-electron chi connectivity index (χ1n) is 4.80. The number of ether oxygens (including phenoxy) is 1. The van der Waals surface area contributed by atoms with Crippen LogP contribution < -0.4 is 4.90 Å². The van der Waals surface area contributed by atoms with E-state index in [1.165, 1.54) is 11.3 Å². The van der Waals surface area contributed by atoms with Crippen molar-refractivity contribution >= 4 is 34.0 Å². The van der Waals surface area contributed by atoms with E-state index < -0.39 is 0 Å². The molecule has 5 heteroatoms. The maximum Gasteiger partial charge on any atom is 0.415 e. The van der Waals surface area contributed by atoms with Gasteiger partial charge in [0.2, 0.25) is 0 Å². The van der Waals surface area contributed by atoms with Gasteiger partial charge in [0.25, 0.3) is 0 Å². The van der Waals surface area contributed by atoms with Crippen LogP contribution in [-0.4, -0.2) is 18.2 Å². The Morgan fingerprint density at radius 2 is 2.40 bits per heavy atom. The smallest absolute Gasteiger partial charge is 0.415 e. The van der Waals surface area contributed by atoms with E-state index in [9.17, 15) is 4.79 Å². The van der Waals surface area contributed by atoms with Gasteiger partial charge in [-0.1, -0.05) is 18.5 Å². The molecule has 0 aromatic carbocycles. The quantitative estimate of drug-likeness (QED) is 0.798. The zero-order chi connectivity index (χ0) is 11.1. The molecule has 1 aromatic rings. The van der Waals surface area contributed by atoms with Gasteiger partial charge in [-0.25, -0.2) is 4.79 Å². The molecule has 1 aliphatic heterocycles. The third-order valence-electron chi connectivity index (χ3n) is 2.62. The Kier molecular flexibility index (Phi) is 2.64. The lowest BCUT2D eigenvalue weighted by atomic mass is 10.0. The Morgan fingerprint density at radius 3 is 2.87 bits per heavy atom. The molecule has 1 amide bonds. The Labute approximate surface area is 97.6 Å². The monoisotopic (exact) mass is 245 g/mol. The molecule has 1 fully saturated rings. The molecule has 1 atom stereocenters. The van der Waals surface area contributed by atoms with E-state index in [1.807, 2.05) is 19.9 Å². The predicted molar refractivity (Wildman–Crippen MR) is 61.9 cm³/mol. The minimum Gasteiger partial charge on any atom is -0.441 e. The van der Waals surface area contributed by atoms with Crippen LogP contribution in [0.15, 0.2) is 12.1 Å². The van der Waals surface area contributed by atoms with Crippen LogP contribution in [0.3, 0.4) is 0 Å². The van der Waals surface area contributed by atoms with Crippen molar-refractivity contribution in [2.75, 3.05) is 11.4 Å². The van der Waals surface area contributed by atoms with E-state index in [0.717, 1.165) is 11.4 Å². The highest BCUT2D eigenvalue weighted by atomic mass is 35.5. The molecule has 0 radical (unpaired) electrons.